The van der Waals surface area contributed by atoms with Gasteiger partial charge < -0.3 is 15.2 Å². The highest BCUT2D eigenvalue weighted by molar-refractivity contribution is 5.82. The molecule has 3 N–H and O–H groups in total. The molecule has 0 spiro atoms. The van der Waals surface area contributed by atoms with Crippen LogP contribution < -0.4 is 15.8 Å². The molecule has 0 saturated carbocycles. The van der Waals surface area contributed by atoms with E-state index >= 15 is 0 Å². The number of nitrogens with two attached hydrogens (primary N) is 1. The second kappa shape index (κ2) is 9.10. The summed E-state index contributed by atoms with van der Waals surface area (Å²) in [5.41, 5.74) is 7.82. The number of ether oxygens (including phenoxy) is 2. The van der Waals surface area contributed by atoms with Crippen molar-refractivity contribution in [3.05, 3.63) is 30.1 Å². The fourth-order valence-electron chi connectivity index (χ4n) is 2.48. The van der Waals surface area contributed by atoms with Gasteiger partial charge in [0, 0.05) is 12.2 Å². The van der Waals surface area contributed by atoms with Crippen LogP contribution in [0.15, 0.2) is 24.4 Å². The predicted molar refractivity (Wildman–Crippen MR) is 99.0 cm³/mol. The van der Waals surface area contributed by atoms with Crippen LogP contribution in [0.5, 0.6) is 5.75 Å². The van der Waals surface area contributed by atoms with Gasteiger partial charge >= 0.3 is 6.09 Å². The van der Waals surface area contributed by atoms with E-state index in [1.807, 2.05) is 26.0 Å². The number of aryl methyl sites for hydroxylation is 1. The molecule has 2 rings (SSSR count). The largest absolute Gasteiger partial charge is 0.491 e. The van der Waals surface area contributed by atoms with Gasteiger partial charge in [0.2, 0.25) is 5.95 Å². The summed E-state index contributed by atoms with van der Waals surface area (Å²) in [4.78, 5) is 24.1. The zero-order valence-electron chi connectivity index (χ0n) is 15.5. The minimum atomic E-state index is -0.629. The predicted octanol–water partition coefficient (Wildman–Crippen LogP) is 2.78. The summed E-state index contributed by atoms with van der Waals surface area (Å²) in [6.45, 7) is 6.56. The van der Waals surface area contributed by atoms with E-state index in [0.717, 1.165) is 17.9 Å². The summed E-state index contributed by atoms with van der Waals surface area (Å²) in [6, 6.07) is 5.56. The van der Waals surface area contributed by atoms with Gasteiger partial charge in [-0.05, 0) is 44.4 Å². The van der Waals surface area contributed by atoms with Crippen LogP contribution in [0.3, 0.4) is 0 Å². The molecule has 2 atom stereocenters. The zero-order chi connectivity index (χ0) is 19.1. The molecule has 2 aromatic heterocycles. The SMILES string of the molecule is COC(=O)Nc1nccc(-c2ccc(OCC(C)CC(C)N)c(C)n2)n1. The molecular weight excluding hydrogens is 334 g/mol. The summed E-state index contributed by atoms with van der Waals surface area (Å²) < 4.78 is 10.4. The fraction of sp³-hybridized carbons (Fsp3) is 0.444. The normalized spacial score (nSPS) is 13.0. The second-order valence-electron chi connectivity index (χ2n) is 6.29. The number of hydrogen-bond donors (Lipinski definition) is 2. The highest BCUT2D eigenvalue weighted by atomic mass is 16.5. The number of amides is 1. The minimum Gasteiger partial charge on any atom is -0.491 e. The van der Waals surface area contributed by atoms with Crippen molar-refractivity contribution in [3.8, 4) is 17.1 Å². The molecule has 0 radical (unpaired) electrons. The summed E-state index contributed by atoms with van der Waals surface area (Å²) in [5.74, 6) is 1.24. The maximum atomic E-state index is 11.3. The lowest BCUT2D eigenvalue weighted by molar-refractivity contribution is 0.186. The average Bonchev–Trinajstić information content (AvgIpc) is 2.60. The number of rotatable bonds is 7. The first-order valence-electron chi connectivity index (χ1n) is 8.43. The van der Waals surface area contributed by atoms with Crippen molar-refractivity contribution in [2.45, 2.75) is 33.2 Å². The Balaban J connectivity index is 2.09. The van der Waals surface area contributed by atoms with Gasteiger partial charge in [0.15, 0.2) is 0 Å². The molecule has 8 nitrogen and oxygen atoms in total. The molecule has 0 aliphatic carbocycles. The number of pyridine rings is 1. The van der Waals surface area contributed by atoms with E-state index in [9.17, 15) is 4.79 Å². The number of hydrogen-bond acceptors (Lipinski definition) is 7. The number of nitrogens with one attached hydrogen (secondary N) is 1. The van der Waals surface area contributed by atoms with Gasteiger partial charge in [-0.2, -0.15) is 0 Å². The van der Waals surface area contributed by atoms with Gasteiger partial charge in [-0.1, -0.05) is 6.92 Å². The Morgan fingerprint density at radius 1 is 1.23 bits per heavy atom. The Morgan fingerprint density at radius 2 is 1.96 bits per heavy atom. The molecule has 2 heterocycles. The van der Waals surface area contributed by atoms with Crippen molar-refractivity contribution in [2.24, 2.45) is 11.7 Å². The lowest BCUT2D eigenvalue weighted by Crippen LogP contribution is -2.21. The summed E-state index contributed by atoms with van der Waals surface area (Å²) >= 11 is 0. The summed E-state index contributed by atoms with van der Waals surface area (Å²) in [5, 5.41) is 2.43. The number of nitrogens with zero attached hydrogens (tertiary/aromatic N) is 3. The summed E-state index contributed by atoms with van der Waals surface area (Å²) in [6.07, 6.45) is 1.82. The lowest BCUT2D eigenvalue weighted by Gasteiger charge is -2.16. The van der Waals surface area contributed by atoms with Crippen LogP contribution in [-0.4, -0.2) is 40.8 Å². The molecule has 2 aromatic rings. The first kappa shape index (κ1) is 19.6. The van der Waals surface area contributed by atoms with Gasteiger partial charge in [0.25, 0.3) is 0 Å². The molecule has 1 amide bonds. The Hall–Kier alpha value is -2.74. The molecule has 140 valence electrons. The van der Waals surface area contributed by atoms with Gasteiger partial charge in [0.05, 0.1) is 30.8 Å². The topological polar surface area (TPSA) is 112 Å². The third kappa shape index (κ3) is 5.66. The van der Waals surface area contributed by atoms with Crippen molar-refractivity contribution in [3.63, 3.8) is 0 Å². The van der Waals surface area contributed by atoms with E-state index < -0.39 is 6.09 Å². The van der Waals surface area contributed by atoms with E-state index in [0.29, 0.717) is 23.9 Å². The van der Waals surface area contributed by atoms with E-state index in [-0.39, 0.29) is 12.0 Å². The van der Waals surface area contributed by atoms with Gasteiger partial charge in [-0.3, -0.25) is 5.32 Å². The number of aromatic nitrogens is 3. The van der Waals surface area contributed by atoms with Crippen molar-refractivity contribution in [1.82, 2.24) is 15.0 Å². The van der Waals surface area contributed by atoms with Gasteiger partial charge in [0.1, 0.15) is 5.75 Å². The monoisotopic (exact) mass is 359 g/mol. The lowest BCUT2D eigenvalue weighted by atomic mass is 10.0. The van der Waals surface area contributed by atoms with Crippen LogP contribution in [0.4, 0.5) is 10.7 Å². The fourth-order valence-corrected chi connectivity index (χ4v) is 2.48. The van der Waals surface area contributed by atoms with Crippen molar-refractivity contribution in [1.29, 1.82) is 0 Å². The highest BCUT2D eigenvalue weighted by Crippen LogP contribution is 2.23. The molecule has 0 fully saturated rings. The maximum absolute atomic E-state index is 11.3. The average molecular weight is 359 g/mol. The maximum Gasteiger partial charge on any atom is 0.413 e. The van der Waals surface area contributed by atoms with Crippen LogP contribution in [0.25, 0.3) is 11.4 Å². The number of carbonyl (C=O) groups is 1. The molecule has 8 heteroatoms. The van der Waals surface area contributed by atoms with E-state index in [1.54, 1.807) is 12.3 Å². The van der Waals surface area contributed by atoms with E-state index in [1.165, 1.54) is 7.11 Å². The zero-order valence-corrected chi connectivity index (χ0v) is 15.5. The molecular formula is C18H25N5O3. The van der Waals surface area contributed by atoms with Crippen LogP contribution in [0.1, 0.15) is 26.0 Å². The standard InChI is InChI=1S/C18H25N5O3/c1-11(9-12(2)19)10-26-16-6-5-14(21-13(16)3)15-7-8-20-17(22-15)23-18(24)25-4/h5-8,11-12H,9-10,19H2,1-4H3,(H,20,22,23,24). The molecule has 0 bridgehead atoms. The Morgan fingerprint density at radius 3 is 2.62 bits per heavy atom. The Bertz CT molecular complexity index is 751. The van der Waals surface area contributed by atoms with Crippen LogP contribution >= 0.6 is 0 Å². The number of carbonyl (C=O) groups excluding carboxylic acids is 1. The first-order valence-corrected chi connectivity index (χ1v) is 8.43. The highest BCUT2D eigenvalue weighted by Gasteiger charge is 2.11. The van der Waals surface area contributed by atoms with Crippen LogP contribution in [0, 0.1) is 12.8 Å². The van der Waals surface area contributed by atoms with Crippen LogP contribution in [-0.2, 0) is 4.74 Å². The second-order valence-corrected chi connectivity index (χ2v) is 6.29. The van der Waals surface area contributed by atoms with Crippen molar-refractivity contribution in [2.75, 3.05) is 19.0 Å². The smallest absolute Gasteiger partial charge is 0.413 e. The minimum absolute atomic E-state index is 0.152. The molecule has 0 aliphatic rings. The van der Waals surface area contributed by atoms with E-state index in [2.05, 4.69) is 31.9 Å². The molecule has 2 unspecified atom stereocenters. The third-order valence-corrected chi connectivity index (χ3v) is 3.65. The van der Waals surface area contributed by atoms with Gasteiger partial charge in [-0.15, -0.1) is 0 Å². The first-order chi connectivity index (χ1) is 12.4. The Labute approximate surface area is 153 Å². The molecule has 0 aromatic carbocycles. The molecule has 0 saturated heterocycles. The van der Waals surface area contributed by atoms with Crippen LogP contribution in [0.2, 0.25) is 0 Å². The van der Waals surface area contributed by atoms with E-state index in [4.69, 9.17) is 10.5 Å². The number of anilines is 1. The summed E-state index contributed by atoms with van der Waals surface area (Å²) in [7, 11) is 1.28. The number of methoxy groups -OCH3 is 1. The quantitative estimate of drug-likeness (QED) is 0.781. The molecule has 0 aliphatic heterocycles. The van der Waals surface area contributed by atoms with Crippen molar-refractivity contribution >= 4 is 12.0 Å². The molecule has 26 heavy (non-hydrogen) atoms. The van der Waals surface area contributed by atoms with Gasteiger partial charge in [-0.25, -0.2) is 19.7 Å². The van der Waals surface area contributed by atoms with Crippen molar-refractivity contribution < 1.29 is 14.3 Å². The Kier molecular flexibility index (Phi) is 6.85. The third-order valence-electron chi connectivity index (χ3n) is 3.65.